The molecule has 1 aromatic rings. The Morgan fingerprint density at radius 1 is 1.47 bits per heavy atom. The topological polar surface area (TPSA) is 58.1 Å². The largest absolute Gasteiger partial charge is 0.352 e. The maximum absolute atomic E-state index is 11.8. The van der Waals surface area contributed by atoms with E-state index in [1.54, 1.807) is 13.0 Å². The fourth-order valence-corrected chi connectivity index (χ4v) is 2.18. The fraction of sp³-hybridized carbons (Fsp3) is 0.545. The van der Waals surface area contributed by atoms with E-state index >= 15 is 0 Å². The molecule has 5 nitrogen and oxygen atoms in total. The quantitative estimate of drug-likeness (QED) is 0.764. The molecule has 0 saturated carbocycles. The van der Waals surface area contributed by atoms with Gasteiger partial charge in [-0.1, -0.05) is 11.6 Å². The van der Waals surface area contributed by atoms with E-state index < -0.39 is 5.54 Å². The summed E-state index contributed by atoms with van der Waals surface area (Å²) in [6.45, 7) is 6.85. The van der Waals surface area contributed by atoms with Gasteiger partial charge in [0.15, 0.2) is 0 Å². The number of nitrogens with one attached hydrogen (secondary N) is 1. The number of amides is 1. The highest BCUT2D eigenvalue weighted by molar-refractivity contribution is 6.29. The van der Waals surface area contributed by atoms with Gasteiger partial charge in [-0.25, -0.2) is 9.97 Å². The van der Waals surface area contributed by atoms with Crippen LogP contribution >= 0.6 is 11.6 Å². The number of piperazine rings is 1. The van der Waals surface area contributed by atoms with Gasteiger partial charge in [0, 0.05) is 19.2 Å². The molecule has 1 N–H and O–H groups in total. The number of halogens is 1. The SMILES string of the molecule is Cc1nc(Cl)cc(N2CCNC(=O)C2(C)C)n1. The highest BCUT2D eigenvalue weighted by Crippen LogP contribution is 2.25. The lowest BCUT2D eigenvalue weighted by Crippen LogP contribution is -2.62. The molecule has 1 saturated heterocycles. The third kappa shape index (κ3) is 2.20. The number of aryl methyl sites for hydroxylation is 1. The number of hydrogen-bond acceptors (Lipinski definition) is 4. The van der Waals surface area contributed by atoms with E-state index in [2.05, 4.69) is 15.3 Å². The van der Waals surface area contributed by atoms with Crippen LogP contribution in [-0.2, 0) is 4.79 Å². The fourth-order valence-electron chi connectivity index (χ4n) is 1.96. The number of carbonyl (C=O) groups excluding carboxylic acids is 1. The Hall–Kier alpha value is -1.36. The first-order valence-corrected chi connectivity index (χ1v) is 5.86. The lowest BCUT2D eigenvalue weighted by Gasteiger charge is -2.42. The first-order valence-electron chi connectivity index (χ1n) is 5.48. The van der Waals surface area contributed by atoms with Gasteiger partial charge in [-0.2, -0.15) is 0 Å². The molecular formula is C11H15ClN4O. The Morgan fingerprint density at radius 2 is 2.18 bits per heavy atom. The zero-order valence-corrected chi connectivity index (χ0v) is 10.9. The molecule has 2 heterocycles. The van der Waals surface area contributed by atoms with Crippen molar-refractivity contribution in [3.05, 3.63) is 17.0 Å². The molecule has 2 rings (SSSR count). The molecule has 0 unspecified atom stereocenters. The highest BCUT2D eigenvalue weighted by Gasteiger charge is 2.38. The lowest BCUT2D eigenvalue weighted by molar-refractivity contribution is -0.126. The molecule has 0 aromatic carbocycles. The van der Waals surface area contributed by atoms with E-state index in [1.165, 1.54) is 0 Å². The molecule has 0 radical (unpaired) electrons. The first kappa shape index (κ1) is 12.1. The summed E-state index contributed by atoms with van der Waals surface area (Å²) < 4.78 is 0. The third-order valence-electron chi connectivity index (χ3n) is 2.92. The van der Waals surface area contributed by atoms with E-state index in [-0.39, 0.29) is 5.91 Å². The molecule has 0 spiro atoms. The van der Waals surface area contributed by atoms with Gasteiger partial charge in [0.2, 0.25) is 5.91 Å². The second-order valence-electron chi connectivity index (χ2n) is 4.56. The maximum atomic E-state index is 11.8. The second kappa shape index (κ2) is 4.14. The Bertz CT molecular complexity index is 441. The van der Waals surface area contributed by atoms with E-state index in [1.807, 2.05) is 18.7 Å². The summed E-state index contributed by atoms with van der Waals surface area (Å²) >= 11 is 5.92. The van der Waals surface area contributed by atoms with Crippen molar-refractivity contribution in [1.29, 1.82) is 0 Å². The summed E-state index contributed by atoms with van der Waals surface area (Å²) in [6.07, 6.45) is 0. The van der Waals surface area contributed by atoms with Crippen molar-refractivity contribution >= 4 is 23.3 Å². The minimum atomic E-state index is -0.623. The Morgan fingerprint density at radius 3 is 2.82 bits per heavy atom. The summed E-state index contributed by atoms with van der Waals surface area (Å²) in [5.74, 6) is 1.30. The van der Waals surface area contributed by atoms with Crippen LogP contribution in [0.1, 0.15) is 19.7 Å². The molecule has 1 aromatic heterocycles. The van der Waals surface area contributed by atoms with Gasteiger partial charge in [0.25, 0.3) is 0 Å². The van der Waals surface area contributed by atoms with Gasteiger partial charge >= 0.3 is 0 Å². The number of anilines is 1. The van der Waals surface area contributed by atoms with Crippen LogP contribution in [0, 0.1) is 6.92 Å². The molecule has 1 fully saturated rings. The van der Waals surface area contributed by atoms with Crippen LogP contribution in [0.3, 0.4) is 0 Å². The summed E-state index contributed by atoms with van der Waals surface area (Å²) in [7, 11) is 0. The van der Waals surface area contributed by atoms with Crippen LogP contribution in [0.15, 0.2) is 6.07 Å². The van der Waals surface area contributed by atoms with Crippen molar-refractivity contribution in [1.82, 2.24) is 15.3 Å². The summed E-state index contributed by atoms with van der Waals surface area (Å²) in [6, 6.07) is 1.69. The molecule has 0 aliphatic carbocycles. The van der Waals surface area contributed by atoms with Crippen LogP contribution in [0.2, 0.25) is 5.15 Å². The van der Waals surface area contributed by atoms with E-state index in [0.29, 0.717) is 29.9 Å². The standard InChI is InChI=1S/C11H15ClN4O/c1-7-14-8(12)6-9(15-7)16-5-4-13-10(17)11(16,2)3/h6H,4-5H2,1-3H3,(H,13,17). The summed E-state index contributed by atoms with van der Waals surface area (Å²) in [5, 5.41) is 3.24. The average molecular weight is 255 g/mol. The number of rotatable bonds is 1. The minimum absolute atomic E-state index is 0.00358. The predicted molar refractivity (Wildman–Crippen MR) is 66.2 cm³/mol. The molecule has 1 aliphatic heterocycles. The van der Waals surface area contributed by atoms with Crippen LogP contribution < -0.4 is 10.2 Å². The van der Waals surface area contributed by atoms with Gasteiger partial charge in [-0.3, -0.25) is 4.79 Å². The zero-order chi connectivity index (χ0) is 12.6. The molecule has 1 aliphatic rings. The van der Waals surface area contributed by atoms with Gasteiger partial charge in [0.1, 0.15) is 22.3 Å². The average Bonchev–Trinajstić information content (AvgIpc) is 2.20. The Labute approximate surface area is 105 Å². The minimum Gasteiger partial charge on any atom is -0.352 e. The molecule has 1 amide bonds. The van der Waals surface area contributed by atoms with E-state index in [9.17, 15) is 4.79 Å². The van der Waals surface area contributed by atoms with Crippen LogP contribution in [0.4, 0.5) is 5.82 Å². The van der Waals surface area contributed by atoms with Crippen molar-refractivity contribution in [2.75, 3.05) is 18.0 Å². The monoisotopic (exact) mass is 254 g/mol. The summed E-state index contributed by atoms with van der Waals surface area (Å²) in [5.41, 5.74) is -0.623. The van der Waals surface area contributed by atoms with Crippen LogP contribution in [0.5, 0.6) is 0 Å². The summed E-state index contributed by atoms with van der Waals surface area (Å²) in [4.78, 5) is 22.2. The first-order chi connectivity index (χ1) is 7.91. The second-order valence-corrected chi connectivity index (χ2v) is 4.95. The van der Waals surface area contributed by atoms with Gasteiger partial charge in [-0.05, 0) is 20.8 Å². The smallest absolute Gasteiger partial charge is 0.245 e. The number of nitrogens with zero attached hydrogens (tertiary/aromatic N) is 3. The van der Waals surface area contributed by atoms with E-state index in [0.717, 1.165) is 0 Å². The van der Waals surface area contributed by atoms with Crippen molar-refractivity contribution in [2.45, 2.75) is 26.3 Å². The highest BCUT2D eigenvalue weighted by atomic mass is 35.5. The molecule has 0 atom stereocenters. The third-order valence-corrected chi connectivity index (χ3v) is 3.11. The van der Waals surface area contributed by atoms with Crippen LogP contribution in [0.25, 0.3) is 0 Å². The van der Waals surface area contributed by atoms with Gasteiger partial charge < -0.3 is 10.2 Å². The lowest BCUT2D eigenvalue weighted by atomic mass is 9.99. The van der Waals surface area contributed by atoms with Crippen molar-refractivity contribution in [3.8, 4) is 0 Å². The molecule has 6 heteroatoms. The number of aromatic nitrogens is 2. The van der Waals surface area contributed by atoms with Crippen molar-refractivity contribution in [3.63, 3.8) is 0 Å². The van der Waals surface area contributed by atoms with Crippen molar-refractivity contribution < 1.29 is 4.79 Å². The molecule has 0 bridgehead atoms. The Kier molecular flexibility index (Phi) is 2.95. The van der Waals surface area contributed by atoms with Gasteiger partial charge in [0.05, 0.1) is 0 Å². The normalized spacial score (nSPS) is 19.1. The van der Waals surface area contributed by atoms with Gasteiger partial charge in [-0.15, -0.1) is 0 Å². The number of hydrogen-bond donors (Lipinski definition) is 1. The molecule has 17 heavy (non-hydrogen) atoms. The zero-order valence-electron chi connectivity index (χ0n) is 10.1. The van der Waals surface area contributed by atoms with Crippen molar-refractivity contribution in [2.24, 2.45) is 0 Å². The Balaban J connectivity index is 2.41. The van der Waals surface area contributed by atoms with Crippen LogP contribution in [-0.4, -0.2) is 34.5 Å². The maximum Gasteiger partial charge on any atom is 0.245 e. The van der Waals surface area contributed by atoms with E-state index in [4.69, 9.17) is 11.6 Å². The number of carbonyl (C=O) groups is 1. The predicted octanol–water partition coefficient (Wildman–Crippen LogP) is 1.15. The molecule has 92 valence electrons. The molecular weight excluding hydrogens is 240 g/mol.